The van der Waals surface area contributed by atoms with Gasteiger partial charge in [0.05, 0.1) is 7.11 Å². The molecule has 1 heterocycles. The molecule has 0 aromatic carbocycles. The number of methoxy groups -OCH3 is 1. The molecule has 3 heteroatoms. The van der Waals surface area contributed by atoms with Crippen LogP contribution >= 0.6 is 0 Å². The number of hydrogen-bond acceptors (Lipinski definition) is 3. The molecular formula is C13H19NO2. The average Bonchev–Trinajstić information content (AvgIpc) is 2.31. The number of ether oxygens (including phenoxy) is 1. The third-order valence-electron chi connectivity index (χ3n) is 2.77. The predicted molar refractivity (Wildman–Crippen MR) is 65.1 cm³/mol. The Hall–Kier alpha value is -1.35. The average molecular weight is 221 g/mol. The summed E-state index contributed by atoms with van der Waals surface area (Å²) in [6.45, 7) is 8.15. The second kappa shape index (κ2) is 6.28. The van der Waals surface area contributed by atoms with Gasteiger partial charge in [-0.2, -0.15) is 0 Å². The SMILES string of the molecule is C=CC[C@H]1C=CC[C@@H](C(=O)OC)N1CC=C. The standard InChI is InChI=1S/C13H19NO2/c1-4-7-11-8-6-9-12(13(15)16-3)14(11)10-5-2/h4-6,8,11-12H,1-2,7,9-10H2,3H3/t11-,12-/m0/s1. The minimum atomic E-state index is -0.196. The van der Waals surface area contributed by atoms with Crippen LogP contribution in [0.1, 0.15) is 12.8 Å². The first-order chi connectivity index (χ1) is 7.74. The molecule has 0 bridgehead atoms. The van der Waals surface area contributed by atoms with Gasteiger partial charge in [0.25, 0.3) is 0 Å². The molecule has 3 nitrogen and oxygen atoms in total. The van der Waals surface area contributed by atoms with E-state index >= 15 is 0 Å². The van der Waals surface area contributed by atoms with Gasteiger partial charge >= 0.3 is 5.97 Å². The molecule has 0 saturated carbocycles. The van der Waals surface area contributed by atoms with E-state index in [1.807, 2.05) is 18.2 Å². The summed E-state index contributed by atoms with van der Waals surface area (Å²) in [6.07, 6.45) is 9.36. The van der Waals surface area contributed by atoms with Crippen LogP contribution in [0.15, 0.2) is 37.5 Å². The molecule has 1 aliphatic rings. The summed E-state index contributed by atoms with van der Waals surface area (Å²) in [6, 6.07) is 0.0197. The van der Waals surface area contributed by atoms with Gasteiger partial charge < -0.3 is 4.74 Å². The maximum Gasteiger partial charge on any atom is 0.323 e. The minimum absolute atomic E-state index is 0.180. The largest absolute Gasteiger partial charge is 0.468 e. The molecule has 0 saturated heterocycles. The fraction of sp³-hybridized carbons (Fsp3) is 0.462. The molecule has 0 aliphatic carbocycles. The first kappa shape index (κ1) is 12.7. The lowest BCUT2D eigenvalue weighted by Gasteiger charge is -2.36. The molecule has 88 valence electrons. The van der Waals surface area contributed by atoms with Crippen molar-refractivity contribution in [2.24, 2.45) is 0 Å². The summed E-state index contributed by atoms with van der Waals surface area (Å²) < 4.78 is 4.82. The van der Waals surface area contributed by atoms with Gasteiger partial charge in [0.15, 0.2) is 0 Å². The maximum absolute atomic E-state index is 11.6. The van der Waals surface area contributed by atoms with Crippen LogP contribution in [0.3, 0.4) is 0 Å². The zero-order valence-electron chi connectivity index (χ0n) is 9.76. The highest BCUT2D eigenvalue weighted by atomic mass is 16.5. The van der Waals surface area contributed by atoms with E-state index in [0.717, 1.165) is 6.42 Å². The number of nitrogens with zero attached hydrogens (tertiary/aromatic N) is 1. The zero-order chi connectivity index (χ0) is 12.0. The van der Waals surface area contributed by atoms with Gasteiger partial charge in [-0.15, -0.1) is 13.2 Å². The van der Waals surface area contributed by atoms with E-state index < -0.39 is 0 Å². The van der Waals surface area contributed by atoms with Crippen LogP contribution < -0.4 is 0 Å². The van der Waals surface area contributed by atoms with Crippen LogP contribution in [-0.4, -0.2) is 36.6 Å². The summed E-state index contributed by atoms with van der Waals surface area (Å²) in [4.78, 5) is 13.7. The highest BCUT2D eigenvalue weighted by Gasteiger charge is 2.31. The fourth-order valence-corrected chi connectivity index (χ4v) is 2.01. The van der Waals surface area contributed by atoms with Crippen LogP contribution in [0.25, 0.3) is 0 Å². The van der Waals surface area contributed by atoms with Gasteiger partial charge in [-0.25, -0.2) is 0 Å². The molecule has 0 aromatic heterocycles. The summed E-state index contributed by atoms with van der Waals surface area (Å²) >= 11 is 0. The van der Waals surface area contributed by atoms with Crippen molar-refractivity contribution in [3.8, 4) is 0 Å². The second-order valence-electron chi connectivity index (χ2n) is 3.78. The van der Waals surface area contributed by atoms with E-state index in [-0.39, 0.29) is 18.1 Å². The normalized spacial score (nSPS) is 25.1. The second-order valence-corrected chi connectivity index (χ2v) is 3.78. The Morgan fingerprint density at radius 3 is 2.88 bits per heavy atom. The monoisotopic (exact) mass is 221 g/mol. The van der Waals surface area contributed by atoms with Crippen LogP contribution in [0.4, 0.5) is 0 Å². The fourth-order valence-electron chi connectivity index (χ4n) is 2.01. The molecule has 0 N–H and O–H groups in total. The van der Waals surface area contributed by atoms with Crippen LogP contribution in [-0.2, 0) is 9.53 Å². The van der Waals surface area contributed by atoms with E-state index in [1.165, 1.54) is 7.11 Å². The molecular weight excluding hydrogens is 202 g/mol. The van der Waals surface area contributed by atoms with E-state index in [4.69, 9.17) is 4.74 Å². The smallest absolute Gasteiger partial charge is 0.323 e. The molecule has 0 spiro atoms. The number of esters is 1. The Morgan fingerprint density at radius 1 is 1.56 bits per heavy atom. The van der Waals surface area contributed by atoms with Gasteiger partial charge in [0, 0.05) is 12.6 Å². The van der Waals surface area contributed by atoms with Crippen LogP contribution in [0.2, 0.25) is 0 Å². The predicted octanol–water partition coefficient (Wildman–Crippen LogP) is 1.92. The van der Waals surface area contributed by atoms with Crippen molar-refractivity contribution in [2.75, 3.05) is 13.7 Å². The van der Waals surface area contributed by atoms with Crippen molar-refractivity contribution >= 4 is 5.97 Å². The highest BCUT2D eigenvalue weighted by Crippen LogP contribution is 2.20. The number of rotatable bonds is 5. The Balaban J connectivity index is 2.83. The molecule has 2 atom stereocenters. The van der Waals surface area contributed by atoms with Crippen molar-refractivity contribution < 1.29 is 9.53 Å². The third kappa shape index (κ3) is 2.83. The van der Waals surface area contributed by atoms with Crippen LogP contribution in [0, 0.1) is 0 Å². The molecule has 0 aromatic rings. The van der Waals surface area contributed by atoms with Crippen molar-refractivity contribution in [1.82, 2.24) is 4.90 Å². The van der Waals surface area contributed by atoms with Crippen molar-refractivity contribution in [3.05, 3.63) is 37.5 Å². The molecule has 16 heavy (non-hydrogen) atoms. The molecule has 0 unspecified atom stereocenters. The molecule has 1 aliphatic heterocycles. The van der Waals surface area contributed by atoms with Gasteiger partial charge in [-0.3, -0.25) is 9.69 Å². The lowest BCUT2D eigenvalue weighted by atomic mass is 10.00. The van der Waals surface area contributed by atoms with E-state index in [9.17, 15) is 4.79 Å². The third-order valence-corrected chi connectivity index (χ3v) is 2.77. The van der Waals surface area contributed by atoms with E-state index in [0.29, 0.717) is 13.0 Å². The van der Waals surface area contributed by atoms with Crippen molar-refractivity contribution in [3.63, 3.8) is 0 Å². The van der Waals surface area contributed by atoms with Gasteiger partial charge in [0.1, 0.15) is 6.04 Å². The summed E-state index contributed by atoms with van der Waals surface area (Å²) in [7, 11) is 1.43. The Bertz CT molecular complexity index is 296. The first-order valence-corrected chi connectivity index (χ1v) is 5.46. The topological polar surface area (TPSA) is 29.5 Å². The maximum atomic E-state index is 11.6. The quantitative estimate of drug-likeness (QED) is 0.524. The van der Waals surface area contributed by atoms with Crippen molar-refractivity contribution in [2.45, 2.75) is 24.9 Å². The summed E-state index contributed by atoms with van der Waals surface area (Å²) in [5.41, 5.74) is 0. The van der Waals surface area contributed by atoms with Gasteiger partial charge in [0.2, 0.25) is 0 Å². The van der Waals surface area contributed by atoms with Gasteiger partial charge in [-0.1, -0.05) is 24.3 Å². The summed E-state index contributed by atoms with van der Waals surface area (Å²) in [5.74, 6) is -0.180. The lowest BCUT2D eigenvalue weighted by Crippen LogP contribution is -2.48. The van der Waals surface area contributed by atoms with E-state index in [1.54, 1.807) is 0 Å². The molecule has 0 amide bonds. The molecule has 1 rings (SSSR count). The highest BCUT2D eigenvalue weighted by molar-refractivity contribution is 5.76. The Morgan fingerprint density at radius 2 is 2.31 bits per heavy atom. The Kier molecular flexibility index (Phi) is 4.99. The van der Waals surface area contributed by atoms with Gasteiger partial charge in [-0.05, 0) is 12.8 Å². The van der Waals surface area contributed by atoms with Crippen LogP contribution in [0.5, 0.6) is 0 Å². The minimum Gasteiger partial charge on any atom is -0.468 e. The molecule has 0 radical (unpaired) electrons. The Labute approximate surface area is 97.1 Å². The number of hydrogen-bond donors (Lipinski definition) is 0. The number of carbonyl (C=O) groups excluding carboxylic acids is 1. The first-order valence-electron chi connectivity index (χ1n) is 5.46. The zero-order valence-corrected chi connectivity index (χ0v) is 9.76. The van der Waals surface area contributed by atoms with E-state index in [2.05, 4.69) is 24.1 Å². The molecule has 0 fully saturated rings. The summed E-state index contributed by atoms with van der Waals surface area (Å²) in [5, 5.41) is 0. The number of carbonyl (C=O) groups is 1. The van der Waals surface area contributed by atoms with Crippen molar-refractivity contribution in [1.29, 1.82) is 0 Å². The lowest BCUT2D eigenvalue weighted by molar-refractivity contribution is -0.147.